The van der Waals surface area contributed by atoms with Gasteiger partial charge in [-0.2, -0.15) is 23.4 Å². The van der Waals surface area contributed by atoms with Crippen LogP contribution in [0.1, 0.15) is 25.6 Å². The van der Waals surface area contributed by atoms with Crippen LogP contribution in [0.15, 0.2) is 30.5 Å². The molecule has 0 radical (unpaired) electrons. The molecule has 5 atom stereocenters. The molecule has 0 bridgehead atoms. The van der Waals surface area contributed by atoms with E-state index in [9.17, 15) is 32.3 Å². The molecule has 1 saturated heterocycles. The molecule has 11 nitrogen and oxygen atoms in total. The molecule has 39 heavy (non-hydrogen) atoms. The second kappa shape index (κ2) is 10.1. The highest BCUT2D eigenvalue weighted by Crippen LogP contribution is 2.65. The van der Waals surface area contributed by atoms with Crippen molar-refractivity contribution < 1.29 is 32.3 Å². The third-order valence-corrected chi connectivity index (χ3v) is 7.61. The number of likely N-dealkylation sites (tertiary alicyclic amines) is 1. The summed E-state index contributed by atoms with van der Waals surface area (Å²) in [7, 11) is 3.08. The molecular formula is C25H30F3N7O4. The normalized spacial score (nSPS) is 23.2. The number of carbonyl (C=O) groups excluding carboxylic acids is 4. The first-order chi connectivity index (χ1) is 18.1. The number of nitrogens with zero attached hydrogens (tertiary/aromatic N) is 4. The number of piperidine rings is 1. The number of amides is 4. The third kappa shape index (κ3) is 5.37. The molecule has 4 amide bonds. The molecule has 210 valence electrons. The van der Waals surface area contributed by atoms with Crippen LogP contribution < -0.4 is 16.4 Å². The molecule has 2 aromatic rings. The Hall–Kier alpha value is -3.81. The van der Waals surface area contributed by atoms with Gasteiger partial charge in [-0.05, 0) is 31.3 Å². The van der Waals surface area contributed by atoms with E-state index in [1.165, 1.54) is 30.1 Å². The van der Waals surface area contributed by atoms with E-state index in [0.29, 0.717) is 10.8 Å². The Morgan fingerprint density at radius 1 is 1.18 bits per heavy atom. The molecule has 2 aliphatic rings. The van der Waals surface area contributed by atoms with Gasteiger partial charge in [0.1, 0.15) is 17.8 Å². The number of primary amides is 1. The highest BCUT2D eigenvalue weighted by molar-refractivity contribution is 5.97. The molecule has 1 aliphatic heterocycles. The lowest BCUT2D eigenvalue weighted by atomic mass is 9.98. The standard InChI is InChI=1S/C25H30F3N7O4/c1-24(2)14-10-35(22(38)15(11-34(3)4)31-23(39)25(26,27)28)19(16(14)24)21(37)32-18(20(29)36)17-13-8-6-5-7-12(13)9-30-33-17/h5-9,14-16,18-19H,10-11H2,1-4H3,(H2,29,36)(H,31,39)(H,32,37)/t14-,15-,16-,18?,19-/m0/s1. The Bertz CT molecular complexity index is 1310. The van der Waals surface area contributed by atoms with Crippen molar-refractivity contribution >= 4 is 34.4 Å². The molecule has 1 aromatic carbocycles. The van der Waals surface area contributed by atoms with Gasteiger partial charge < -0.3 is 26.2 Å². The van der Waals surface area contributed by atoms with Crippen LogP contribution in [0.3, 0.4) is 0 Å². The van der Waals surface area contributed by atoms with Crippen LogP contribution in [0.5, 0.6) is 0 Å². The summed E-state index contributed by atoms with van der Waals surface area (Å²) in [4.78, 5) is 54.0. The van der Waals surface area contributed by atoms with Crippen molar-refractivity contribution in [1.82, 2.24) is 30.6 Å². The fourth-order valence-corrected chi connectivity index (χ4v) is 5.57. The van der Waals surface area contributed by atoms with Crippen molar-refractivity contribution in [2.75, 3.05) is 27.2 Å². The van der Waals surface area contributed by atoms with Gasteiger partial charge in [0.05, 0.1) is 6.20 Å². The fraction of sp³-hybridized carbons (Fsp3) is 0.520. The minimum Gasteiger partial charge on any atom is -0.368 e. The van der Waals surface area contributed by atoms with Gasteiger partial charge in [-0.15, -0.1) is 0 Å². The van der Waals surface area contributed by atoms with Crippen molar-refractivity contribution in [3.8, 4) is 0 Å². The number of carbonyl (C=O) groups is 4. The molecule has 1 saturated carbocycles. The molecule has 4 rings (SSSR count). The van der Waals surface area contributed by atoms with Crippen LogP contribution in [0.25, 0.3) is 10.8 Å². The highest BCUT2D eigenvalue weighted by Gasteiger charge is 2.69. The molecule has 2 fully saturated rings. The zero-order valence-electron chi connectivity index (χ0n) is 21.8. The summed E-state index contributed by atoms with van der Waals surface area (Å²) in [5.41, 5.74) is 5.43. The molecule has 1 aliphatic carbocycles. The van der Waals surface area contributed by atoms with Gasteiger partial charge >= 0.3 is 12.1 Å². The minimum absolute atomic E-state index is 0.0973. The van der Waals surface area contributed by atoms with E-state index >= 15 is 0 Å². The van der Waals surface area contributed by atoms with E-state index in [0.717, 1.165) is 0 Å². The average Bonchev–Trinajstić information content (AvgIpc) is 3.17. The number of halogens is 3. The largest absolute Gasteiger partial charge is 0.471 e. The van der Waals surface area contributed by atoms with Crippen molar-refractivity contribution in [1.29, 1.82) is 0 Å². The van der Waals surface area contributed by atoms with Gasteiger partial charge in [-0.25, -0.2) is 0 Å². The lowest BCUT2D eigenvalue weighted by Gasteiger charge is -2.34. The molecule has 1 unspecified atom stereocenters. The van der Waals surface area contributed by atoms with Crippen molar-refractivity contribution in [3.05, 3.63) is 36.2 Å². The monoisotopic (exact) mass is 549 g/mol. The summed E-state index contributed by atoms with van der Waals surface area (Å²) >= 11 is 0. The molecule has 4 N–H and O–H groups in total. The fourth-order valence-electron chi connectivity index (χ4n) is 5.57. The Morgan fingerprint density at radius 2 is 1.85 bits per heavy atom. The van der Waals surface area contributed by atoms with Crippen LogP contribution >= 0.6 is 0 Å². The van der Waals surface area contributed by atoms with Gasteiger partial charge in [0.15, 0.2) is 6.04 Å². The van der Waals surface area contributed by atoms with E-state index in [2.05, 4.69) is 15.5 Å². The van der Waals surface area contributed by atoms with Gasteiger partial charge in [0.25, 0.3) is 0 Å². The maximum Gasteiger partial charge on any atom is 0.471 e. The van der Waals surface area contributed by atoms with Crippen LogP contribution in [0.4, 0.5) is 13.2 Å². The molecule has 2 heterocycles. The number of aromatic nitrogens is 2. The molecular weight excluding hydrogens is 519 g/mol. The van der Waals surface area contributed by atoms with Crippen LogP contribution in [0.2, 0.25) is 0 Å². The van der Waals surface area contributed by atoms with E-state index < -0.39 is 47.9 Å². The Labute approximate surface area is 222 Å². The van der Waals surface area contributed by atoms with E-state index in [4.69, 9.17) is 5.73 Å². The maximum absolute atomic E-state index is 13.7. The van der Waals surface area contributed by atoms with Crippen LogP contribution in [-0.2, 0) is 19.2 Å². The number of likely N-dealkylation sites (N-methyl/N-ethyl adjacent to an activating group) is 1. The van der Waals surface area contributed by atoms with E-state index in [-0.39, 0.29) is 36.0 Å². The smallest absolute Gasteiger partial charge is 0.368 e. The van der Waals surface area contributed by atoms with Gasteiger partial charge in [-0.3, -0.25) is 19.2 Å². The number of benzene rings is 1. The number of rotatable bonds is 8. The van der Waals surface area contributed by atoms with Crippen molar-refractivity contribution in [2.24, 2.45) is 23.0 Å². The number of alkyl halides is 3. The van der Waals surface area contributed by atoms with Gasteiger partial charge in [-0.1, -0.05) is 38.1 Å². The van der Waals surface area contributed by atoms with Gasteiger partial charge in [0.2, 0.25) is 17.7 Å². The summed E-state index contributed by atoms with van der Waals surface area (Å²) in [6.07, 6.45) is -3.70. The zero-order valence-corrected chi connectivity index (χ0v) is 21.8. The van der Waals surface area contributed by atoms with Gasteiger partial charge in [0, 0.05) is 23.9 Å². The molecule has 14 heteroatoms. The average molecular weight is 550 g/mol. The zero-order chi connectivity index (χ0) is 28.9. The summed E-state index contributed by atoms with van der Waals surface area (Å²) in [6, 6.07) is 2.91. The second-order valence-electron chi connectivity index (χ2n) is 10.8. The summed E-state index contributed by atoms with van der Waals surface area (Å²) in [5.74, 6) is -5.10. The first-order valence-corrected chi connectivity index (χ1v) is 12.3. The summed E-state index contributed by atoms with van der Waals surface area (Å²) in [5, 5.41) is 13.5. The topological polar surface area (TPSA) is 151 Å². The van der Waals surface area contributed by atoms with Crippen molar-refractivity contribution in [3.63, 3.8) is 0 Å². The lowest BCUT2D eigenvalue weighted by molar-refractivity contribution is -0.175. The molecule has 0 spiro atoms. The minimum atomic E-state index is -5.19. The van der Waals surface area contributed by atoms with Crippen molar-refractivity contribution in [2.45, 2.75) is 38.1 Å². The number of hydrogen-bond acceptors (Lipinski definition) is 7. The van der Waals surface area contributed by atoms with E-state index in [1.807, 2.05) is 13.8 Å². The predicted molar refractivity (Wildman–Crippen MR) is 132 cm³/mol. The second-order valence-corrected chi connectivity index (χ2v) is 10.8. The van der Waals surface area contributed by atoms with E-state index in [1.54, 1.807) is 29.6 Å². The first-order valence-electron chi connectivity index (χ1n) is 12.3. The quantitative estimate of drug-likeness (QED) is 0.430. The third-order valence-electron chi connectivity index (χ3n) is 7.61. The predicted octanol–water partition coefficient (Wildman–Crippen LogP) is 0.364. The van der Waals surface area contributed by atoms with Crippen LogP contribution in [0, 0.1) is 17.3 Å². The number of nitrogens with one attached hydrogen (secondary N) is 2. The maximum atomic E-state index is 13.7. The number of hydrogen-bond donors (Lipinski definition) is 3. The Morgan fingerprint density at radius 3 is 2.46 bits per heavy atom. The highest BCUT2D eigenvalue weighted by atomic mass is 19.4. The summed E-state index contributed by atoms with van der Waals surface area (Å²) < 4.78 is 39.0. The number of nitrogens with two attached hydrogens (primary N) is 1. The van der Waals surface area contributed by atoms with Crippen LogP contribution in [-0.4, -0.2) is 89.1 Å². The number of fused-ring (bicyclic) bond motifs is 2. The SMILES string of the molecule is CN(C)C[C@H](NC(=O)C(F)(F)F)C(=O)N1C[C@H]2[C@@H]([C@H]1C(=O)NC(C(N)=O)c1nncc3ccccc13)C2(C)C. The molecule has 1 aromatic heterocycles. The Balaban J connectivity index is 1.63. The summed E-state index contributed by atoms with van der Waals surface area (Å²) in [6.45, 7) is 3.74. The first kappa shape index (κ1) is 28.2. The lowest BCUT2D eigenvalue weighted by Crippen LogP contribution is -2.59. The Kier molecular flexibility index (Phi) is 7.27.